The Labute approximate surface area is 95.2 Å². The van der Waals surface area contributed by atoms with Gasteiger partial charge in [0, 0.05) is 14.1 Å². The first-order chi connectivity index (χ1) is 6.22. The van der Waals surface area contributed by atoms with Gasteiger partial charge >= 0.3 is 5.97 Å². The average molecular weight is 235 g/mol. The van der Waals surface area contributed by atoms with Crippen LogP contribution in [0.15, 0.2) is 0 Å². The zero-order chi connectivity index (χ0) is 11.4. The summed E-state index contributed by atoms with van der Waals surface area (Å²) in [6.07, 6.45) is 0. The smallest absolute Gasteiger partial charge is 0.316 e. The van der Waals surface area contributed by atoms with Crippen molar-refractivity contribution < 1.29 is 9.53 Å². The number of carbonyl (C=O) groups is 1. The van der Waals surface area contributed by atoms with Gasteiger partial charge in [0.05, 0.1) is 5.75 Å². The van der Waals surface area contributed by atoms with Crippen molar-refractivity contribution in [1.29, 1.82) is 0 Å². The van der Waals surface area contributed by atoms with Crippen LogP contribution in [0.1, 0.15) is 20.8 Å². The van der Waals surface area contributed by atoms with Crippen LogP contribution in [0.25, 0.3) is 0 Å². The van der Waals surface area contributed by atoms with Gasteiger partial charge in [0.2, 0.25) is 0 Å². The highest BCUT2D eigenvalue weighted by atomic mass is 32.2. The monoisotopic (exact) mass is 235 g/mol. The van der Waals surface area contributed by atoms with Crippen LogP contribution in [0.2, 0.25) is 0 Å². The molecule has 0 aromatic heterocycles. The lowest BCUT2D eigenvalue weighted by Gasteiger charge is -2.19. The van der Waals surface area contributed by atoms with Crippen molar-refractivity contribution in [2.45, 2.75) is 26.4 Å². The van der Waals surface area contributed by atoms with Crippen molar-refractivity contribution in [1.82, 2.24) is 4.90 Å². The predicted molar refractivity (Wildman–Crippen MR) is 64.6 cm³/mol. The molecule has 3 nitrogen and oxygen atoms in total. The Balaban J connectivity index is 3.81. The fourth-order valence-corrected chi connectivity index (χ4v) is 1.36. The third-order valence-electron chi connectivity index (χ3n) is 1.10. The molecule has 0 atom stereocenters. The Kier molecular flexibility index (Phi) is 5.44. The number of esters is 1. The van der Waals surface area contributed by atoms with E-state index in [2.05, 4.69) is 0 Å². The lowest BCUT2D eigenvalue weighted by Crippen LogP contribution is -2.26. The van der Waals surface area contributed by atoms with Gasteiger partial charge in [0.25, 0.3) is 0 Å². The van der Waals surface area contributed by atoms with Gasteiger partial charge in [-0.2, -0.15) is 0 Å². The molecule has 0 aromatic carbocycles. The summed E-state index contributed by atoms with van der Waals surface area (Å²) in [4.78, 5) is 13.1. The number of nitrogens with zero attached hydrogens (tertiary/aromatic N) is 1. The molecule has 82 valence electrons. The van der Waals surface area contributed by atoms with Gasteiger partial charge in [0.1, 0.15) is 9.92 Å². The zero-order valence-corrected chi connectivity index (χ0v) is 10.9. The van der Waals surface area contributed by atoms with Gasteiger partial charge in [-0.3, -0.25) is 4.79 Å². The minimum atomic E-state index is -0.419. The topological polar surface area (TPSA) is 29.5 Å². The number of thiocarbonyl (C=S) groups is 1. The lowest BCUT2D eigenvalue weighted by molar-refractivity contribution is -0.151. The van der Waals surface area contributed by atoms with E-state index in [1.54, 1.807) is 4.90 Å². The minimum Gasteiger partial charge on any atom is -0.459 e. The summed E-state index contributed by atoms with van der Waals surface area (Å²) in [5.41, 5.74) is -0.419. The lowest BCUT2D eigenvalue weighted by atomic mass is 10.2. The number of ether oxygens (including phenoxy) is 1. The van der Waals surface area contributed by atoms with Crippen LogP contribution in [0, 0.1) is 0 Å². The molecule has 0 N–H and O–H groups in total. The van der Waals surface area contributed by atoms with E-state index in [-0.39, 0.29) is 11.7 Å². The molecule has 0 spiro atoms. The molecule has 14 heavy (non-hydrogen) atoms. The third kappa shape index (κ3) is 7.15. The largest absolute Gasteiger partial charge is 0.459 e. The average Bonchev–Trinajstić information content (AvgIpc) is 1.96. The molecule has 0 aromatic rings. The summed E-state index contributed by atoms with van der Waals surface area (Å²) in [6, 6.07) is 0. The quantitative estimate of drug-likeness (QED) is 0.539. The molecular formula is C9H17NO2S2. The van der Waals surface area contributed by atoms with Gasteiger partial charge in [0.15, 0.2) is 0 Å². The number of hydrogen-bond acceptors (Lipinski definition) is 4. The van der Waals surface area contributed by atoms with E-state index < -0.39 is 5.60 Å². The third-order valence-corrected chi connectivity index (χ3v) is 2.81. The van der Waals surface area contributed by atoms with E-state index >= 15 is 0 Å². The Bertz CT molecular complexity index is 221. The molecular weight excluding hydrogens is 218 g/mol. The standard InChI is InChI=1S/C9H17NO2S2/c1-9(2,3)12-7(11)6-14-8(13)10(4)5/h6H2,1-5H3. The number of carbonyl (C=O) groups excluding carboxylic acids is 1. The first kappa shape index (κ1) is 13.7. The van der Waals surface area contributed by atoms with Crippen molar-refractivity contribution in [3.8, 4) is 0 Å². The minimum absolute atomic E-state index is 0.230. The van der Waals surface area contributed by atoms with Crippen LogP contribution < -0.4 is 0 Å². The summed E-state index contributed by atoms with van der Waals surface area (Å²) in [7, 11) is 3.70. The van der Waals surface area contributed by atoms with Crippen molar-refractivity contribution in [2.75, 3.05) is 19.8 Å². The first-order valence-electron chi connectivity index (χ1n) is 4.28. The molecule has 0 unspecified atom stereocenters. The second-order valence-corrected chi connectivity index (χ2v) is 5.64. The normalized spacial score (nSPS) is 10.9. The zero-order valence-electron chi connectivity index (χ0n) is 9.29. The molecule has 0 fully saturated rings. The molecule has 0 saturated carbocycles. The summed E-state index contributed by atoms with van der Waals surface area (Å²) in [5.74, 6) is 0.0422. The maximum atomic E-state index is 11.3. The Morgan fingerprint density at radius 3 is 2.29 bits per heavy atom. The van der Waals surface area contributed by atoms with E-state index in [4.69, 9.17) is 17.0 Å². The van der Waals surface area contributed by atoms with E-state index in [1.807, 2.05) is 34.9 Å². The van der Waals surface area contributed by atoms with Crippen LogP contribution >= 0.6 is 24.0 Å². The van der Waals surface area contributed by atoms with E-state index in [0.29, 0.717) is 4.32 Å². The number of hydrogen-bond donors (Lipinski definition) is 0. The molecule has 0 rings (SSSR count). The van der Waals surface area contributed by atoms with E-state index in [0.717, 1.165) is 0 Å². The van der Waals surface area contributed by atoms with E-state index in [9.17, 15) is 4.79 Å². The molecule has 0 bridgehead atoms. The fourth-order valence-electron chi connectivity index (χ4n) is 0.621. The summed E-state index contributed by atoms with van der Waals surface area (Å²) < 4.78 is 5.82. The van der Waals surface area contributed by atoms with Crippen molar-refractivity contribution in [3.63, 3.8) is 0 Å². The maximum Gasteiger partial charge on any atom is 0.316 e. The van der Waals surface area contributed by atoms with Gasteiger partial charge in [-0.05, 0) is 20.8 Å². The Morgan fingerprint density at radius 1 is 1.43 bits per heavy atom. The van der Waals surface area contributed by atoms with Gasteiger partial charge in [-0.1, -0.05) is 24.0 Å². The molecule has 0 amide bonds. The highest BCUT2D eigenvalue weighted by Gasteiger charge is 2.16. The fraction of sp³-hybridized carbons (Fsp3) is 0.778. The SMILES string of the molecule is CN(C)C(=S)SCC(=O)OC(C)(C)C. The summed E-state index contributed by atoms with van der Waals surface area (Å²) in [5, 5.41) is 0. The number of rotatable bonds is 2. The highest BCUT2D eigenvalue weighted by molar-refractivity contribution is 8.23. The van der Waals surface area contributed by atoms with Gasteiger partial charge in [-0.25, -0.2) is 0 Å². The first-order valence-corrected chi connectivity index (χ1v) is 5.67. The van der Waals surface area contributed by atoms with Crippen molar-refractivity contribution >= 4 is 34.3 Å². The van der Waals surface area contributed by atoms with Crippen LogP contribution in [-0.4, -0.2) is 40.6 Å². The Morgan fingerprint density at radius 2 is 1.93 bits per heavy atom. The maximum absolute atomic E-state index is 11.3. The number of thioether (sulfide) groups is 1. The molecule has 0 radical (unpaired) electrons. The second kappa shape index (κ2) is 5.56. The van der Waals surface area contributed by atoms with Crippen molar-refractivity contribution in [2.24, 2.45) is 0 Å². The van der Waals surface area contributed by atoms with Gasteiger partial charge in [-0.15, -0.1) is 0 Å². The highest BCUT2D eigenvalue weighted by Crippen LogP contribution is 2.11. The molecule has 0 aliphatic heterocycles. The van der Waals surface area contributed by atoms with Crippen LogP contribution in [-0.2, 0) is 9.53 Å². The van der Waals surface area contributed by atoms with Crippen LogP contribution in [0.5, 0.6) is 0 Å². The van der Waals surface area contributed by atoms with Crippen LogP contribution in [0.4, 0.5) is 0 Å². The van der Waals surface area contributed by atoms with E-state index in [1.165, 1.54) is 11.8 Å². The van der Waals surface area contributed by atoms with Crippen molar-refractivity contribution in [3.05, 3.63) is 0 Å². The molecule has 0 aliphatic rings. The molecule has 5 heteroatoms. The second-order valence-electron chi connectivity index (χ2n) is 4.04. The molecule has 0 saturated heterocycles. The summed E-state index contributed by atoms with van der Waals surface area (Å²) in [6.45, 7) is 5.54. The molecule has 0 heterocycles. The molecule has 0 aliphatic carbocycles. The van der Waals surface area contributed by atoms with Gasteiger partial charge < -0.3 is 9.64 Å². The van der Waals surface area contributed by atoms with Crippen LogP contribution in [0.3, 0.4) is 0 Å². The predicted octanol–water partition coefficient (Wildman–Crippen LogP) is 1.91. The summed E-state index contributed by atoms with van der Waals surface area (Å²) >= 11 is 6.33. The Hall–Kier alpha value is -0.290.